The van der Waals surface area contributed by atoms with Gasteiger partial charge in [-0.3, -0.25) is 14.5 Å². The van der Waals surface area contributed by atoms with E-state index < -0.39 is 19.2 Å². The van der Waals surface area contributed by atoms with Crippen molar-refractivity contribution in [3.05, 3.63) is 47.0 Å². The van der Waals surface area contributed by atoms with E-state index in [1.54, 1.807) is 29.2 Å². The van der Waals surface area contributed by atoms with Gasteiger partial charge in [0.1, 0.15) is 5.02 Å². The molecular weight excluding hydrogens is 423 g/mol. The highest BCUT2D eigenvalue weighted by Gasteiger charge is 2.27. The molecule has 0 saturated heterocycles. The number of hydrogen-bond acceptors (Lipinski definition) is 5. The van der Waals surface area contributed by atoms with Crippen LogP contribution in [0.4, 0.5) is 13.2 Å². The number of pyridine rings is 2. The van der Waals surface area contributed by atoms with Crippen LogP contribution in [0.25, 0.3) is 10.9 Å². The Morgan fingerprint density at radius 1 is 1.33 bits per heavy atom. The van der Waals surface area contributed by atoms with Crippen LogP contribution in [0, 0.1) is 0 Å². The average molecular weight is 442 g/mol. The van der Waals surface area contributed by atoms with Crippen LogP contribution in [0.5, 0.6) is 5.88 Å². The zero-order valence-corrected chi connectivity index (χ0v) is 16.8. The number of alkyl halides is 3. The summed E-state index contributed by atoms with van der Waals surface area (Å²) in [5.74, 6) is -0.175. The molecule has 1 amide bonds. The van der Waals surface area contributed by atoms with E-state index in [1.165, 1.54) is 6.20 Å². The van der Waals surface area contributed by atoms with Crippen LogP contribution in [0.1, 0.15) is 24.6 Å². The minimum atomic E-state index is -4.31. The van der Waals surface area contributed by atoms with Gasteiger partial charge >= 0.3 is 6.18 Å². The van der Waals surface area contributed by atoms with E-state index in [4.69, 9.17) is 16.3 Å². The third-order valence-corrected chi connectivity index (χ3v) is 4.37. The molecular formula is C19H19ClF3N5O2. The minimum Gasteiger partial charge on any atom is -0.476 e. The SMILES string of the molecule is CCNC(=O)Cc1nccc2nn(Cc3cnc(OCCC(F)(F)F)c(Cl)c3)cc12. The van der Waals surface area contributed by atoms with Crippen molar-refractivity contribution in [2.75, 3.05) is 13.2 Å². The van der Waals surface area contributed by atoms with Gasteiger partial charge in [0.15, 0.2) is 0 Å². The van der Waals surface area contributed by atoms with Gasteiger partial charge in [0.2, 0.25) is 11.8 Å². The largest absolute Gasteiger partial charge is 0.476 e. The molecule has 3 rings (SSSR count). The number of halogens is 4. The van der Waals surface area contributed by atoms with Gasteiger partial charge in [0, 0.05) is 30.5 Å². The third-order valence-electron chi connectivity index (χ3n) is 4.10. The number of fused-ring (bicyclic) bond motifs is 1. The molecule has 0 aliphatic carbocycles. The first-order chi connectivity index (χ1) is 14.2. The number of rotatable bonds is 8. The summed E-state index contributed by atoms with van der Waals surface area (Å²) in [5, 5.41) is 8.08. The first-order valence-corrected chi connectivity index (χ1v) is 9.54. The van der Waals surface area contributed by atoms with Gasteiger partial charge < -0.3 is 10.1 Å². The van der Waals surface area contributed by atoms with E-state index >= 15 is 0 Å². The van der Waals surface area contributed by atoms with Gasteiger partial charge in [-0.05, 0) is 24.6 Å². The predicted molar refractivity (Wildman–Crippen MR) is 104 cm³/mol. The van der Waals surface area contributed by atoms with Crippen molar-refractivity contribution in [1.29, 1.82) is 0 Å². The van der Waals surface area contributed by atoms with Gasteiger partial charge in [-0.1, -0.05) is 11.6 Å². The lowest BCUT2D eigenvalue weighted by molar-refractivity contribution is -0.139. The van der Waals surface area contributed by atoms with E-state index in [0.717, 1.165) is 5.39 Å². The molecule has 0 fully saturated rings. The van der Waals surface area contributed by atoms with Crippen LogP contribution in [-0.4, -0.2) is 45.0 Å². The maximum absolute atomic E-state index is 12.2. The van der Waals surface area contributed by atoms with E-state index in [9.17, 15) is 18.0 Å². The highest BCUT2D eigenvalue weighted by Crippen LogP contribution is 2.25. The summed E-state index contributed by atoms with van der Waals surface area (Å²) >= 11 is 6.08. The lowest BCUT2D eigenvalue weighted by Crippen LogP contribution is -2.24. The second kappa shape index (κ2) is 9.29. The lowest BCUT2D eigenvalue weighted by atomic mass is 10.2. The molecule has 1 N–H and O–H groups in total. The van der Waals surface area contributed by atoms with Crippen LogP contribution in [0.3, 0.4) is 0 Å². The maximum Gasteiger partial charge on any atom is 0.392 e. The Balaban J connectivity index is 1.71. The van der Waals surface area contributed by atoms with Crippen molar-refractivity contribution in [3.8, 4) is 5.88 Å². The molecule has 0 radical (unpaired) electrons. The highest BCUT2D eigenvalue weighted by atomic mass is 35.5. The number of carbonyl (C=O) groups excluding carboxylic acids is 1. The standard InChI is InChI=1S/C19H19ClF3N5O2/c1-2-24-17(29)8-16-13-11-28(27-15(13)3-5-25-16)10-12-7-14(20)18(26-9-12)30-6-4-19(21,22)23/h3,5,7,9,11H,2,4,6,8,10H2,1H3,(H,24,29). The Hall–Kier alpha value is -2.88. The smallest absolute Gasteiger partial charge is 0.392 e. The second-order valence-electron chi connectivity index (χ2n) is 6.49. The Morgan fingerprint density at radius 3 is 2.83 bits per heavy atom. The fourth-order valence-corrected chi connectivity index (χ4v) is 3.03. The van der Waals surface area contributed by atoms with Crippen molar-refractivity contribution < 1.29 is 22.7 Å². The van der Waals surface area contributed by atoms with Crippen LogP contribution in [0.2, 0.25) is 5.02 Å². The molecule has 11 heteroatoms. The zero-order chi connectivity index (χ0) is 21.7. The number of nitrogens with zero attached hydrogens (tertiary/aromatic N) is 4. The normalized spacial score (nSPS) is 11.6. The molecule has 3 aromatic rings. The molecule has 160 valence electrons. The summed E-state index contributed by atoms with van der Waals surface area (Å²) in [5.41, 5.74) is 2.00. The molecule has 30 heavy (non-hydrogen) atoms. The molecule has 0 aromatic carbocycles. The van der Waals surface area contributed by atoms with Crippen LogP contribution >= 0.6 is 11.6 Å². The summed E-state index contributed by atoms with van der Waals surface area (Å²) in [6.07, 6.45) is -0.403. The predicted octanol–water partition coefficient (Wildman–Crippen LogP) is 3.54. The summed E-state index contributed by atoms with van der Waals surface area (Å²) in [6, 6.07) is 3.31. The highest BCUT2D eigenvalue weighted by molar-refractivity contribution is 6.31. The molecule has 0 unspecified atom stereocenters. The topological polar surface area (TPSA) is 81.9 Å². The van der Waals surface area contributed by atoms with E-state index in [1.807, 2.05) is 6.92 Å². The van der Waals surface area contributed by atoms with Gasteiger partial charge in [-0.2, -0.15) is 18.3 Å². The number of ether oxygens (including phenoxy) is 1. The van der Waals surface area contributed by atoms with Crippen molar-refractivity contribution in [3.63, 3.8) is 0 Å². The molecule has 0 bridgehead atoms. The maximum atomic E-state index is 12.2. The molecule has 0 aliphatic heterocycles. The van der Waals surface area contributed by atoms with Crippen LogP contribution in [-0.2, 0) is 17.8 Å². The van der Waals surface area contributed by atoms with Crippen molar-refractivity contribution in [2.45, 2.75) is 32.5 Å². The molecule has 0 spiro atoms. The van der Waals surface area contributed by atoms with Gasteiger partial charge in [0.05, 0.1) is 37.2 Å². The summed E-state index contributed by atoms with van der Waals surface area (Å²) in [4.78, 5) is 20.2. The quantitative estimate of drug-likeness (QED) is 0.578. The van der Waals surface area contributed by atoms with Crippen molar-refractivity contribution >= 4 is 28.4 Å². The summed E-state index contributed by atoms with van der Waals surface area (Å²) in [7, 11) is 0. The first kappa shape index (κ1) is 21.8. The fourth-order valence-electron chi connectivity index (χ4n) is 2.79. The van der Waals surface area contributed by atoms with Gasteiger partial charge in [0.25, 0.3) is 0 Å². The van der Waals surface area contributed by atoms with Gasteiger partial charge in [-0.25, -0.2) is 4.98 Å². The Labute approximate surface area is 175 Å². The number of likely N-dealkylation sites (N-methyl/N-ethyl adjacent to an activating group) is 1. The Bertz CT molecular complexity index is 1040. The molecule has 7 nitrogen and oxygen atoms in total. The molecule has 0 saturated carbocycles. The van der Waals surface area contributed by atoms with Gasteiger partial charge in [-0.15, -0.1) is 0 Å². The molecule has 3 heterocycles. The lowest BCUT2D eigenvalue weighted by Gasteiger charge is -2.10. The van der Waals surface area contributed by atoms with E-state index in [2.05, 4.69) is 20.4 Å². The number of aromatic nitrogens is 4. The number of amides is 1. The molecule has 3 aromatic heterocycles. The summed E-state index contributed by atoms with van der Waals surface area (Å²) in [6.45, 7) is 2.15. The summed E-state index contributed by atoms with van der Waals surface area (Å²) < 4.78 is 43.3. The van der Waals surface area contributed by atoms with E-state index in [-0.39, 0.29) is 23.2 Å². The van der Waals surface area contributed by atoms with Crippen LogP contribution < -0.4 is 10.1 Å². The zero-order valence-electron chi connectivity index (χ0n) is 16.0. The van der Waals surface area contributed by atoms with Crippen molar-refractivity contribution in [1.82, 2.24) is 25.1 Å². The molecule has 0 atom stereocenters. The number of carbonyl (C=O) groups is 1. The molecule has 0 aliphatic rings. The van der Waals surface area contributed by atoms with Crippen LogP contribution in [0.15, 0.2) is 30.7 Å². The fraction of sp³-hybridized carbons (Fsp3) is 0.368. The number of nitrogens with one attached hydrogen (secondary N) is 1. The average Bonchev–Trinajstić information content (AvgIpc) is 3.06. The third kappa shape index (κ3) is 5.82. The first-order valence-electron chi connectivity index (χ1n) is 9.17. The second-order valence-corrected chi connectivity index (χ2v) is 6.90. The van der Waals surface area contributed by atoms with Crippen molar-refractivity contribution in [2.24, 2.45) is 0 Å². The Morgan fingerprint density at radius 2 is 2.13 bits per heavy atom. The Kier molecular flexibility index (Phi) is 6.76. The monoisotopic (exact) mass is 441 g/mol. The van der Waals surface area contributed by atoms with E-state index in [0.29, 0.717) is 29.9 Å². The minimum absolute atomic E-state index is 0.0521. The number of hydrogen-bond donors (Lipinski definition) is 1.